The smallest absolute Gasteiger partial charge is 0.184 e. The van der Waals surface area contributed by atoms with Crippen LogP contribution in [0.1, 0.15) is 62.4 Å². The quantitative estimate of drug-likeness (QED) is 0.451. The second-order valence-corrected chi connectivity index (χ2v) is 8.14. The number of rotatable bonds is 9. The fourth-order valence-corrected chi connectivity index (χ4v) is 4.21. The molecule has 25 heavy (non-hydrogen) atoms. The van der Waals surface area contributed by atoms with E-state index in [1.165, 1.54) is 45.3 Å². The molecule has 1 aliphatic heterocycles. The van der Waals surface area contributed by atoms with Gasteiger partial charge in [-0.25, -0.2) is 0 Å². The van der Waals surface area contributed by atoms with Crippen LogP contribution in [0.25, 0.3) is 10.6 Å². The SMILES string of the molecule is CC1CCCN(CCCCCCC(=O)c2cc(-c3cccs3)on2)C1. The number of nitrogens with zero attached hydrogens (tertiary/aromatic N) is 2. The third-order valence-corrected chi connectivity index (χ3v) is 5.81. The van der Waals surface area contributed by atoms with Crippen LogP contribution in [0.4, 0.5) is 0 Å². The zero-order valence-corrected chi connectivity index (χ0v) is 15.9. The Morgan fingerprint density at radius 2 is 2.24 bits per heavy atom. The van der Waals surface area contributed by atoms with Crippen LogP contribution >= 0.6 is 11.3 Å². The number of hydrogen-bond acceptors (Lipinski definition) is 5. The Morgan fingerprint density at radius 1 is 1.36 bits per heavy atom. The third kappa shape index (κ3) is 5.51. The van der Waals surface area contributed by atoms with Gasteiger partial charge in [-0.15, -0.1) is 11.3 Å². The second-order valence-electron chi connectivity index (χ2n) is 7.19. The van der Waals surface area contributed by atoms with Crippen LogP contribution in [-0.2, 0) is 0 Å². The second kappa shape index (κ2) is 9.30. The van der Waals surface area contributed by atoms with Crippen molar-refractivity contribution in [3.05, 3.63) is 29.3 Å². The minimum Gasteiger partial charge on any atom is -0.355 e. The molecule has 1 atom stereocenters. The Morgan fingerprint density at radius 3 is 3.04 bits per heavy atom. The van der Waals surface area contributed by atoms with Crippen LogP contribution in [0.5, 0.6) is 0 Å². The fraction of sp³-hybridized carbons (Fsp3) is 0.600. The molecule has 136 valence electrons. The predicted octanol–water partition coefficient (Wildman–Crippen LogP) is 5.27. The van der Waals surface area contributed by atoms with Gasteiger partial charge in [-0.2, -0.15) is 0 Å². The summed E-state index contributed by atoms with van der Waals surface area (Å²) in [5, 5.41) is 5.92. The Bertz CT molecular complexity index is 650. The number of aromatic nitrogens is 1. The van der Waals surface area contributed by atoms with Crippen molar-refractivity contribution in [2.45, 2.75) is 51.9 Å². The molecule has 0 aliphatic carbocycles. The lowest BCUT2D eigenvalue weighted by atomic mass is 10.00. The Hall–Kier alpha value is -1.46. The topological polar surface area (TPSA) is 46.3 Å². The van der Waals surface area contributed by atoms with E-state index in [-0.39, 0.29) is 5.78 Å². The largest absolute Gasteiger partial charge is 0.355 e. The molecule has 0 spiro atoms. The minimum absolute atomic E-state index is 0.0939. The number of likely N-dealkylation sites (tertiary alicyclic amines) is 1. The Balaban J connectivity index is 1.30. The normalized spacial score (nSPS) is 18.5. The molecule has 0 amide bonds. The summed E-state index contributed by atoms with van der Waals surface area (Å²) in [6, 6.07) is 5.71. The molecule has 0 radical (unpaired) electrons. The van der Waals surface area contributed by atoms with Gasteiger partial charge >= 0.3 is 0 Å². The molecule has 3 heterocycles. The van der Waals surface area contributed by atoms with Crippen LogP contribution < -0.4 is 0 Å². The van der Waals surface area contributed by atoms with E-state index < -0.39 is 0 Å². The molecule has 5 heteroatoms. The first-order valence-corrected chi connectivity index (χ1v) is 10.4. The van der Waals surface area contributed by atoms with Crippen molar-refractivity contribution in [3.63, 3.8) is 0 Å². The highest BCUT2D eigenvalue weighted by Crippen LogP contribution is 2.25. The highest BCUT2D eigenvalue weighted by atomic mass is 32.1. The molecule has 1 aliphatic rings. The van der Waals surface area contributed by atoms with Gasteiger partial charge < -0.3 is 9.42 Å². The monoisotopic (exact) mass is 360 g/mol. The summed E-state index contributed by atoms with van der Waals surface area (Å²) < 4.78 is 5.28. The van der Waals surface area contributed by atoms with Gasteiger partial charge in [0.2, 0.25) is 0 Å². The summed E-state index contributed by atoms with van der Waals surface area (Å²) in [7, 11) is 0. The number of carbonyl (C=O) groups excluding carboxylic acids is 1. The standard InChI is InChI=1S/C20H28N2O2S/c1-16-8-6-12-22(15-16)11-5-3-2-4-9-18(23)17-14-19(24-21-17)20-10-7-13-25-20/h7,10,13-14,16H,2-6,8-9,11-12,15H2,1H3. The van der Waals surface area contributed by atoms with Crippen molar-refractivity contribution in [3.8, 4) is 10.6 Å². The summed E-state index contributed by atoms with van der Waals surface area (Å²) in [6.45, 7) is 6.09. The molecule has 2 aromatic rings. The van der Waals surface area contributed by atoms with Gasteiger partial charge in [-0.05, 0) is 56.1 Å². The number of unbranched alkanes of at least 4 members (excludes halogenated alkanes) is 3. The molecular formula is C20H28N2O2S. The molecular weight excluding hydrogens is 332 g/mol. The summed E-state index contributed by atoms with van der Waals surface area (Å²) in [6.07, 6.45) is 7.80. The molecule has 1 fully saturated rings. The molecule has 0 aromatic carbocycles. The first kappa shape index (κ1) is 18.3. The maximum absolute atomic E-state index is 12.2. The van der Waals surface area contributed by atoms with E-state index in [4.69, 9.17) is 4.52 Å². The van der Waals surface area contributed by atoms with Crippen LogP contribution in [-0.4, -0.2) is 35.5 Å². The van der Waals surface area contributed by atoms with E-state index in [2.05, 4.69) is 17.0 Å². The van der Waals surface area contributed by atoms with Gasteiger partial charge in [0.1, 0.15) is 5.69 Å². The number of piperidine rings is 1. The molecule has 1 saturated heterocycles. The van der Waals surface area contributed by atoms with Crippen molar-refractivity contribution in [2.75, 3.05) is 19.6 Å². The molecule has 0 N–H and O–H groups in total. The first-order valence-electron chi connectivity index (χ1n) is 9.48. The van der Waals surface area contributed by atoms with Crippen LogP contribution in [0, 0.1) is 5.92 Å². The Kier molecular flexibility index (Phi) is 6.82. The summed E-state index contributed by atoms with van der Waals surface area (Å²) >= 11 is 1.59. The van der Waals surface area contributed by atoms with Gasteiger partial charge in [0.15, 0.2) is 11.5 Å². The van der Waals surface area contributed by atoms with Crippen LogP contribution in [0.2, 0.25) is 0 Å². The van der Waals surface area contributed by atoms with Crippen LogP contribution in [0.3, 0.4) is 0 Å². The summed E-state index contributed by atoms with van der Waals surface area (Å²) in [5.41, 5.74) is 0.464. The molecule has 1 unspecified atom stereocenters. The van der Waals surface area contributed by atoms with Crippen molar-refractivity contribution >= 4 is 17.1 Å². The zero-order valence-electron chi connectivity index (χ0n) is 15.1. The maximum Gasteiger partial charge on any atom is 0.184 e. The molecule has 0 bridgehead atoms. The fourth-order valence-electron chi connectivity index (χ4n) is 3.53. The highest BCUT2D eigenvalue weighted by Gasteiger charge is 2.16. The predicted molar refractivity (Wildman–Crippen MR) is 102 cm³/mol. The summed E-state index contributed by atoms with van der Waals surface area (Å²) in [4.78, 5) is 15.8. The van der Waals surface area contributed by atoms with Gasteiger partial charge in [0, 0.05) is 19.0 Å². The molecule has 0 saturated carbocycles. The van der Waals surface area contributed by atoms with Gasteiger partial charge in [-0.3, -0.25) is 4.79 Å². The van der Waals surface area contributed by atoms with E-state index in [1.54, 1.807) is 17.4 Å². The van der Waals surface area contributed by atoms with E-state index in [0.29, 0.717) is 17.9 Å². The molecule has 2 aromatic heterocycles. The number of thiophene rings is 1. The third-order valence-electron chi connectivity index (χ3n) is 4.93. The van der Waals surface area contributed by atoms with Crippen molar-refractivity contribution in [1.29, 1.82) is 0 Å². The summed E-state index contributed by atoms with van der Waals surface area (Å²) in [5.74, 6) is 1.64. The average Bonchev–Trinajstić information content (AvgIpc) is 3.28. The van der Waals surface area contributed by atoms with Crippen molar-refractivity contribution in [2.24, 2.45) is 5.92 Å². The lowest BCUT2D eigenvalue weighted by Gasteiger charge is -2.30. The van der Waals surface area contributed by atoms with Gasteiger partial charge in [0.25, 0.3) is 0 Å². The van der Waals surface area contributed by atoms with E-state index >= 15 is 0 Å². The van der Waals surface area contributed by atoms with Gasteiger partial charge in [0.05, 0.1) is 4.88 Å². The number of carbonyl (C=O) groups is 1. The van der Waals surface area contributed by atoms with Crippen LogP contribution in [0.15, 0.2) is 28.1 Å². The van der Waals surface area contributed by atoms with E-state index in [9.17, 15) is 4.79 Å². The first-order chi connectivity index (χ1) is 12.2. The van der Waals surface area contributed by atoms with Crippen molar-refractivity contribution < 1.29 is 9.32 Å². The van der Waals surface area contributed by atoms with E-state index in [0.717, 1.165) is 23.6 Å². The zero-order chi connectivity index (χ0) is 17.5. The minimum atomic E-state index is 0.0939. The Labute approximate surface area is 154 Å². The van der Waals surface area contributed by atoms with Gasteiger partial charge in [-0.1, -0.05) is 31.0 Å². The molecule has 3 rings (SSSR count). The number of ketones is 1. The molecule has 4 nitrogen and oxygen atoms in total. The van der Waals surface area contributed by atoms with Crippen molar-refractivity contribution in [1.82, 2.24) is 10.1 Å². The maximum atomic E-state index is 12.2. The highest BCUT2D eigenvalue weighted by molar-refractivity contribution is 7.13. The lowest BCUT2D eigenvalue weighted by molar-refractivity contribution is 0.0970. The number of Topliss-reactive ketones (excluding diaryl/α,β-unsaturated/α-hetero) is 1. The van der Waals surface area contributed by atoms with E-state index in [1.807, 2.05) is 17.5 Å². The number of hydrogen-bond donors (Lipinski definition) is 0. The average molecular weight is 361 g/mol. The lowest BCUT2D eigenvalue weighted by Crippen LogP contribution is -2.34.